The van der Waals surface area contributed by atoms with Gasteiger partial charge in [0.05, 0.1) is 12.8 Å². The van der Waals surface area contributed by atoms with E-state index in [0.717, 1.165) is 19.6 Å². The molecule has 116 valence electrons. The monoisotopic (exact) mass is 293 g/mol. The largest absolute Gasteiger partial charge is 0.465 e. The van der Waals surface area contributed by atoms with Crippen molar-refractivity contribution in [3.8, 4) is 0 Å². The summed E-state index contributed by atoms with van der Waals surface area (Å²) < 4.78 is 4.71. The highest BCUT2D eigenvalue weighted by Gasteiger charge is 2.24. The minimum absolute atomic E-state index is 0.191. The molecule has 1 aliphatic rings. The van der Waals surface area contributed by atoms with E-state index in [-0.39, 0.29) is 11.4 Å². The van der Waals surface area contributed by atoms with Crippen LogP contribution in [0.2, 0.25) is 0 Å². The summed E-state index contributed by atoms with van der Waals surface area (Å²) in [7, 11) is 5.54. The maximum absolute atomic E-state index is 11.7. The molecule has 7 heteroatoms. The van der Waals surface area contributed by atoms with Crippen LogP contribution in [-0.4, -0.2) is 72.6 Å². The van der Waals surface area contributed by atoms with Gasteiger partial charge in [-0.15, -0.1) is 0 Å². The lowest BCUT2D eigenvalue weighted by atomic mass is 10.1. The molecule has 1 unspecified atom stereocenters. The summed E-state index contributed by atoms with van der Waals surface area (Å²) in [5.41, 5.74) is 6.72. The van der Waals surface area contributed by atoms with Gasteiger partial charge >= 0.3 is 5.97 Å². The Hall–Kier alpha value is -1.73. The standard InChI is InChI=1S/C14H23N5O2/c1-9-12(14(20)21-4)13(15)17-11(16-9)7-10-8-18(2)5-6-19(10)3/h10H,5-8H2,1-4H3,(H2,15,16,17). The maximum Gasteiger partial charge on any atom is 0.343 e. The van der Waals surface area contributed by atoms with Gasteiger partial charge in [-0.05, 0) is 21.0 Å². The zero-order valence-electron chi connectivity index (χ0n) is 13.1. The van der Waals surface area contributed by atoms with Crippen LogP contribution >= 0.6 is 0 Å². The number of nitrogens with two attached hydrogens (primary N) is 1. The van der Waals surface area contributed by atoms with E-state index in [1.54, 1.807) is 6.92 Å². The van der Waals surface area contributed by atoms with Crippen molar-refractivity contribution in [2.24, 2.45) is 0 Å². The van der Waals surface area contributed by atoms with E-state index in [4.69, 9.17) is 10.5 Å². The molecule has 1 atom stereocenters. The molecule has 0 aliphatic carbocycles. The lowest BCUT2D eigenvalue weighted by Gasteiger charge is -2.37. The van der Waals surface area contributed by atoms with Gasteiger partial charge in [0.2, 0.25) is 0 Å². The van der Waals surface area contributed by atoms with Crippen molar-refractivity contribution in [3.05, 3.63) is 17.1 Å². The van der Waals surface area contributed by atoms with Gasteiger partial charge in [-0.3, -0.25) is 0 Å². The minimum atomic E-state index is -0.494. The number of ether oxygens (including phenoxy) is 1. The molecule has 2 rings (SSSR count). The number of nitrogen functional groups attached to an aromatic ring is 1. The molecule has 1 saturated heterocycles. The first-order chi connectivity index (χ1) is 9.92. The summed E-state index contributed by atoms with van der Waals surface area (Å²) in [6, 6.07) is 0.353. The first-order valence-electron chi connectivity index (χ1n) is 7.02. The van der Waals surface area contributed by atoms with Crippen molar-refractivity contribution in [3.63, 3.8) is 0 Å². The third kappa shape index (κ3) is 3.48. The van der Waals surface area contributed by atoms with Crippen molar-refractivity contribution in [1.82, 2.24) is 19.8 Å². The van der Waals surface area contributed by atoms with Crippen LogP contribution in [0.1, 0.15) is 21.9 Å². The van der Waals surface area contributed by atoms with Gasteiger partial charge in [0.15, 0.2) is 0 Å². The van der Waals surface area contributed by atoms with Gasteiger partial charge in [-0.2, -0.15) is 0 Å². The molecule has 2 N–H and O–H groups in total. The van der Waals surface area contributed by atoms with E-state index < -0.39 is 5.97 Å². The predicted molar refractivity (Wildman–Crippen MR) is 80.1 cm³/mol. The molecule has 1 aromatic rings. The van der Waals surface area contributed by atoms with E-state index in [1.165, 1.54) is 7.11 Å². The second-order valence-electron chi connectivity index (χ2n) is 5.58. The Morgan fingerprint density at radius 2 is 2.10 bits per heavy atom. The highest BCUT2D eigenvalue weighted by Crippen LogP contribution is 2.17. The molecule has 0 spiro atoms. The first kappa shape index (κ1) is 15.7. The molecule has 0 bridgehead atoms. The average molecular weight is 293 g/mol. The molecule has 1 fully saturated rings. The topological polar surface area (TPSA) is 84.6 Å². The molecule has 1 aliphatic heterocycles. The van der Waals surface area contributed by atoms with Crippen molar-refractivity contribution < 1.29 is 9.53 Å². The van der Waals surface area contributed by atoms with E-state index in [0.29, 0.717) is 24.0 Å². The molecule has 0 radical (unpaired) electrons. The second kappa shape index (κ2) is 6.36. The van der Waals surface area contributed by atoms with Crippen molar-refractivity contribution in [1.29, 1.82) is 0 Å². The van der Waals surface area contributed by atoms with Crippen LogP contribution in [-0.2, 0) is 11.2 Å². The third-order valence-electron chi connectivity index (χ3n) is 3.95. The predicted octanol–water partition coefficient (Wildman–Crippen LogP) is -0.0579. The Kier molecular flexibility index (Phi) is 4.74. The van der Waals surface area contributed by atoms with Gasteiger partial charge < -0.3 is 20.3 Å². The fourth-order valence-corrected chi connectivity index (χ4v) is 2.63. The minimum Gasteiger partial charge on any atom is -0.465 e. The number of hydrogen-bond acceptors (Lipinski definition) is 7. The average Bonchev–Trinajstić information content (AvgIpc) is 2.42. The number of carbonyl (C=O) groups excluding carboxylic acids is 1. The van der Waals surface area contributed by atoms with Crippen molar-refractivity contribution >= 4 is 11.8 Å². The number of carbonyl (C=O) groups is 1. The normalized spacial score (nSPS) is 20.5. The fraction of sp³-hybridized carbons (Fsp3) is 0.643. The SMILES string of the molecule is COC(=O)c1c(C)nc(CC2CN(C)CCN2C)nc1N. The fourth-order valence-electron chi connectivity index (χ4n) is 2.63. The number of piperazine rings is 1. The van der Waals surface area contributed by atoms with Crippen LogP contribution in [0.15, 0.2) is 0 Å². The number of aryl methyl sites for hydroxylation is 1. The summed E-state index contributed by atoms with van der Waals surface area (Å²) in [4.78, 5) is 25.0. The molecule has 2 heterocycles. The number of esters is 1. The van der Waals surface area contributed by atoms with E-state index >= 15 is 0 Å². The quantitative estimate of drug-likeness (QED) is 0.782. The van der Waals surface area contributed by atoms with Crippen LogP contribution in [0.25, 0.3) is 0 Å². The molecule has 1 aromatic heterocycles. The van der Waals surface area contributed by atoms with Gasteiger partial charge in [0.1, 0.15) is 17.2 Å². The van der Waals surface area contributed by atoms with Crippen molar-refractivity contribution in [2.75, 3.05) is 46.6 Å². The molecule has 0 amide bonds. The van der Waals surface area contributed by atoms with E-state index in [1.807, 2.05) is 0 Å². The van der Waals surface area contributed by atoms with Crippen LogP contribution in [0.4, 0.5) is 5.82 Å². The molecular weight excluding hydrogens is 270 g/mol. The Balaban J connectivity index is 2.20. The molecule has 21 heavy (non-hydrogen) atoms. The van der Waals surface area contributed by atoms with Crippen LogP contribution in [0.5, 0.6) is 0 Å². The summed E-state index contributed by atoms with van der Waals surface area (Å²) in [6.07, 6.45) is 0.716. The number of nitrogens with zero attached hydrogens (tertiary/aromatic N) is 4. The number of rotatable bonds is 3. The summed E-state index contributed by atoms with van der Waals surface area (Å²) in [5, 5.41) is 0. The third-order valence-corrected chi connectivity index (χ3v) is 3.95. The highest BCUT2D eigenvalue weighted by atomic mass is 16.5. The Labute approximate surface area is 125 Å². The van der Waals surface area contributed by atoms with Gasteiger partial charge in [0, 0.05) is 32.1 Å². The lowest BCUT2D eigenvalue weighted by molar-refractivity contribution is 0.0600. The Bertz CT molecular complexity index is 511. The molecule has 7 nitrogen and oxygen atoms in total. The Morgan fingerprint density at radius 3 is 2.71 bits per heavy atom. The van der Waals surface area contributed by atoms with Crippen LogP contribution < -0.4 is 5.73 Å². The summed E-state index contributed by atoms with van der Waals surface area (Å²) >= 11 is 0. The number of likely N-dealkylation sites (N-methyl/N-ethyl adjacent to an activating group) is 2. The zero-order valence-corrected chi connectivity index (χ0v) is 13.1. The molecule has 0 saturated carbocycles. The van der Waals surface area contributed by atoms with Gasteiger partial charge in [-0.1, -0.05) is 0 Å². The zero-order chi connectivity index (χ0) is 15.6. The van der Waals surface area contributed by atoms with Crippen LogP contribution in [0.3, 0.4) is 0 Å². The number of aromatic nitrogens is 2. The van der Waals surface area contributed by atoms with Crippen molar-refractivity contribution in [2.45, 2.75) is 19.4 Å². The Morgan fingerprint density at radius 1 is 1.38 bits per heavy atom. The molecular formula is C14H23N5O2. The lowest BCUT2D eigenvalue weighted by Crippen LogP contribution is -2.51. The first-order valence-corrected chi connectivity index (χ1v) is 7.02. The van der Waals surface area contributed by atoms with E-state index in [9.17, 15) is 4.79 Å². The smallest absolute Gasteiger partial charge is 0.343 e. The number of methoxy groups -OCH3 is 1. The van der Waals surface area contributed by atoms with Gasteiger partial charge in [0.25, 0.3) is 0 Å². The number of hydrogen-bond donors (Lipinski definition) is 1. The maximum atomic E-state index is 11.7. The van der Waals surface area contributed by atoms with Gasteiger partial charge in [-0.25, -0.2) is 14.8 Å². The highest BCUT2D eigenvalue weighted by molar-refractivity contribution is 5.95. The number of anilines is 1. The van der Waals surface area contributed by atoms with E-state index in [2.05, 4.69) is 33.9 Å². The summed E-state index contributed by atoms with van der Waals surface area (Å²) in [6.45, 7) is 4.81. The van der Waals surface area contributed by atoms with Crippen LogP contribution in [0, 0.1) is 6.92 Å². The summed E-state index contributed by atoms with van der Waals surface area (Å²) in [5.74, 6) is 0.368. The second-order valence-corrected chi connectivity index (χ2v) is 5.58. The molecule has 0 aromatic carbocycles.